The Kier molecular flexibility index (Phi) is 18.9. The Morgan fingerprint density at radius 3 is 2.09 bits per heavy atom. The molecule has 3 saturated heterocycles. The summed E-state index contributed by atoms with van der Waals surface area (Å²) in [5, 5.41) is 58.5. The van der Waals surface area contributed by atoms with Crippen LogP contribution < -0.4 is 34.0 Å². The Hall–Kier alpha value is -1.01. The van der Waals surface area contributed by atoms with Crippen LogP contribution in [-0.2, 0) is 28.5 Å². The van der Waals surface area contributed by atoms with Crippen molar-refractivity contribution in [2.45, 2.75) is 137 Å². The molecule has 0 bridgehead atoms. The fourth-order valence-corrected chi connectivity index (χ4v) is 5.64. The quantitative estimate of drug-likeness (QED) is 0.0911. The van der Waals surface area contributed by atoms with Crippen LogP contribution in [0.4, 0.5) is 0 Å². The minimum atomic E-state index is -1.27. The van der Waals surface area contributed by atoms with E-state index in [0.717, 1.165) is 25.7 Å². The van der Waals surface area contributed by atoms with E-state index in [-0.39, 0.29) is 56.4 Å². The summed E-state index contributed by atoms with van der Waals surface area (Å²) < 4.78 is 28.8. The van der Waals surface area contributed by atoms with Gasteiger partial charge in [0.1, 0.15) is 36.8 Å². The summed E-state index contributed by atoms with van der Waals surface area (Å²) in [6.45, 7) is 0.641. The number of carbonyl (C=O) groups is 1. The van der Waals surface area contributed by atoms with Gasteiger partial charge in [-0.2, -0.15) is 0 Å². The maximum atomic E-state index is 9.95. The molecule has 0 radical (unpaired) electrons. The molecule has 4 aliphatic rings. The Morgan fingerprint density at radius 1 is 0.891 bits per heavy atom. The average Bonchev–Trinajstić information content (AvgIpc) is 3.52. The third-order valence-corrected chi connectivity index (χ3v) is 8.48. The highest BCUT2D eigenvalue weighted by atomic mass is 16.7. The molecule has 15 atom stereocenters. The molecule has 0 spiro atoms. The van der Waals surface area contributed by atoms with Crippen LogP contribution >= 0.6 is 0 Å². The number of ether oxygens (including phenoxy) is 5. The molecule has 46 heavy (non-hydrogen) atoms. The number of aliphatic hydroxyl groups excluding tert-OH is 6. The van der Waals surface area contributed by atoms with Gasteiger partial charge >= 0.3 is 0 Å². The van der Waals surface area contributed by atoms with Gasteiger partial charge < -0.3 is 93.1 Å². The Bertz CT molecular complexity index is 837. The molecule has 3 aliphatic heterocycles. The van der Waals surface area contributed by atoms with Crippen molar-refractivity contribution >= 4 is 6.29 Å². The van der Waals surface area contributed by atoms with Gasteiger partial charge in [0.05, 0.1) is 37.1 Å². The van der Waals surface area contributed by atoms with Crippen molar-refractivity contribution in [2.24, 2.45) is 28.7 Å². The molecule has 17 N–H and O–H groups in total. The first-order valence-corrected chi connectivity index (χ1v) is 15.9. The SMILES string of the molecule is CNC1CC(N)[C@@H](O[C@@H]2CC[C@H](O)C(CN)O2)C(OC2CCC(CO)O2)C1.NCCC(O)C=O.NC[C@@H]1O[C@H](O)[C@H](N)C(O)[C@@H]1O. The molecule has 18 heteroatoms. The summed E-state index contributed by atoms with van der Waals surface area (Å²) in [6.07, 6.45) is -2.63. The number of carbonyl (C=O) groups excluding carboxylic acids is 1. The summed E-state index contributed by atoms with van der Waals surface area (Å²) in [5.41, 5.74) is 27.6. The highest BCUT2D eigenvalue weighted by molar-refractivity contribution is 5.55. The smallest absolute Gasteiger partial charge is 0.172 e. The lowest BCUT2D eigenvalue weighted by atomic mass is 9.86. The van der Waals surface area contributed by atoms with E-state index in [1.54, 1.807) is 0 Å². The fraction of sp³-hybridized carbons (Fsp3) is 0.964. The molecule has 0 amide bonds. The van der Waals surface area contributed by atoms with Crippen LogP contribution in [0.1, 0.15) is 44.9 Å². The zero-order valence-corrected chi connectivity index (χ0v) is 26.5. The van der Waals surface area contributed by atoms with Crippen molar-refractivity contribution in [3.63, 3.8) is 0 Å². The number of hydrogen-bond acceptors (Lipinski definition) is 18. The second-order valence-electron chi connectivity index (χ2n) is 12.0. The van der Waals surface area contributed by atoms with Gasteiger partial charge in [-0.25, -0.2) is 0 Å². The van der Waals surface area contributed by atoms with E-state index in [9.17, 15) is 25.2 Å². The molecule has 3 heterocycles. The summed E-state index contributed by atoms with van der Waals surface area (Å²) in [5.74, 6) is 0. The molecule has 0 aromatic carbocycles. The van der Waals surface area contributed by atoms with Crippen LogP contribution in [0.25, 0.3) is 0 Å². The van der Waals surface area contributed by atoms with E-state index < -0.39 is 55.2 Å². The average molecular weight is 671 g/mol. The van der Waals surface area contributed by atoms with Crippen molar-refractivity contribution in [1.82, 2.24) is 5.32 Å². The summed E-state index contributed by atoms with van der Waals surface area (Å²) in [7, 11) is 1.92. The number of rotatable bonds is 11. The van der Waals surface area contributed by atoms with Gasteiger partial charge in [-0.3, -0.25) is 0 Å². The largest absolute Gasteiger partial charge is 0.394 e. The van der Waals surface area contributed by atoms with Crippen LogP contribution in [0.3, 0.4) is 0 Å². The van der Waals surface area contributed by atoms with Gasteiger partial charge in [0.2, 0.25) is 0 Å². The van der Waals surface area contributed by atoms with Gasteiger partial charge in [-0.05, 0) is 45.7 Å². The van der Waals surface area contributed by atoms with Crippen molar-refractivity contribution in [2.75, 3.05) is 33.3 Å². The highest BCUT2D eigenvalue weighted by Gasteiger charge is 2.43. The molecular weight excluding hydrogens is 612 g/mol. The van der Waals surface area contributed by atoms with Crippen LogP contribution in [0.15, 0.2) is 0 Å². The number of aliphatic hydroxyl groups is 6. The summed E-state index contributed by atoms with van der Waals surface area (Å²) in [4.78, 5) is 9.59. The third kappa shape index (κ3) is 12.5. The van der Waals surface area contributed by atoms with Gasteiger partial charge in [0, 0.05) is 38.0 Å². The number of nitrogens with one attached hydrogen (secondary N) is 1. The molecular formula is C28H58N6O12. The maximum Gasteiger partial charge on any atom is 0.172 e. The predicted octanol–water partition coefficient (Wildman–Crippen LogP) is -5.61. The zero-order chi connectivity index (χ0) is 34.4. The third-order valence-electron chi connectivity index (χ3n) is 8.48. The van der Waals surface area contributed by atoms with E-state index in [0.29, 0.717) is 32.1 Å². The minimum absolute atomic E-state index is 0.00181. The number of nitrogens with two attached hydrogens (primary N) is 5. The first-order chi connectivity index (χ1) is 21.9. The molecule has 4 rings (SSSR count). The van der Waals surface area contributed by atoms with Crippen LogP contribution in [0, 0.1) is 0 Å². The van der Waals surface area contributed by atoms with Crippen molar-refractivity contribution in [3.05, 3.63) is 0 Å². The standard InChI is InChI=1S/C18H35N3O6.C6H14N2O4.C4H9NO2/c1-21-10-6-12(20)18(27-17-5-3-13(23)15(8-19)26-17)14(7-10)25-16-4-2-11(9-22)24-16;7-1-2-4(9)5(10)3(8)6(11)12-2;5-2-1-4(7)3-6/h10-18,21-23H,2-9,19-20H2,1H3;2-6,9-11H,1,7-8H2;3-4,7H,1-2,5H2/t10?,11?,12?,13-,14?,15?,16?,17+,18+;2-,3+,4+,5?,6-;/m00./s1. The Morgan fingerprint density at radius 2 is 1.54 bits per heavy atom. The number of hydrogen-bond donors (Lipinski definition) is 12. The van der Waals surface area contributed by atoms with E-state index in [1.807, 2.05) is 7.05 Å². The zero-order valence-electron chi connectivity index (χ0n) is 26.5. The van der Waals surface area contributed by atoms with E-state index >= 15 is 0 Å². The van der Waals surface area contributed by atoms with Crippen molar-refractivity contribution < 1.29 is 59.1 Å². The molecule has 1 saturated carbocycles. The van der Waals surface area contributed by atoms with E-state index in [1.165, 1.54) is 0 Å². The topological polar surface area (TPSA) is 327 Å². The van der Waals surface area contributed by atoms with Crippen molar-refractivity contribution in [3.8, 4) is 0 Å². The molecule has 4 fully saturated rings. The van der Waals surface area contributed by atoms with Gasteiger partial charge in [0.25, 0.3) is 0 Å². The summed E-state index contributed by atoms with van der Waals surface area (Å²) >= 11 is 0. The normalized spacial score (nSPS) is 41.8. The lowest BCUT2D eigenvalue weighted by Gasteiger charge is -2.43. The second-order valence-corrected chi connectivity index (χ2v) is 12.0. The Labute approximate surface area is 269 Å². The predicted molar refractivity (Wildman–Crippen MR) is 163 cm³/mol. The summed E-state index contributed by atoms with van der Waals surface area (Å²) in [6, 6.07) is -0.948. The van der Waals surface area contributed by atoms with Gasteiger partial charge in [-0.1, -0.05) is 0 Å². The van der Waals surface area contributed by atoms with Crippen LogP contribution in [-0.4, -0.2) is 162 Å². The van der Waals surface area contributed by atoms with Crippen molar-refractivity contribution in [1.29, 1.82) is 0 Å². The first kappa shape index (κ1) is 41.2. The molecule has 8 unspecified atom stereocenters. The Balaban J connectivity index is 0.000000319. The lowest BCUT2D eigenvalue weighted by Crippen LogP contribution is -2.62. The first-order valence-electron chi connectivity index (χ1n) is 15.9. The number of aldehydes is 1. The van der Waals surface area contributed by atoms with Gasteiger partial charge in [0.15, 0.2) is 18.9 Å². The molecule has 0 aromatic rings. The molecule has 0 aromatic heterocycles. The van der Waals surface area contributed by atoms with E-state index in [4.69, 9.17) is 62.6 Å². The van der Waals surface area contributed by atoms with Gasteiger partial charge in [-0.15, -0.1) is 0 Å². The van der Waals surface area contributed by atoms with Crippen LogP contribution in [0.2, 0.25) is 0 Å². The van der Waals surface area contributed by atoms with Crippen LogP contribution in [0.5, 0.6) is 0 Å². The fourth-order valence-electron chi connectivity index (χ4n) is 5.64. The maximum absolute atomic E-state index is 9.95. The minimum Gasteiger partial charge on any atom is -0.394 e. The second kappa shape index (κ2) is 21.2. The molecule has 18 nitrogen and oxygen atoms in total. The monoisotopic (exact) mass is 670 g/mol. The molecule has 272 valence electrons. The lowest BCUT2D eigenvalue weighted by molar-refractivity contribution is -0.273. The highest BCUT2D eigenvalue weighted by Crippen LogP contribution is 2.31. The molecule has 1 aliphatic carbocycles. The van der Waals surface area contributed by atoms with E-state index in [2.05, 4.69) is 5.32 Å².